The minimum atomic E-state index is -0.00633. The fourth-order valence-electron chi connectivity index (χ4n) is 2.62. The zero-order valence-corrected chi connectivity index (χ0v) is 17.0. The number of nitrogens with zero attached hydrogens (tertiary/aromatic N) is 2. The number of carbonyl (C=O) groups is 1. The van der Waals surface area contributed by atoms with Gasteiger partial charge in [0.05, 0.1) is 22.0 Å². The number of benzene rings is 2. The Morgan fingerprint density at radius 3 is 2.69 bits per heavy atom. The number of amides is 1. The Kier molecular flexibility index (Phi) is 6.53. The van der Waals surface area contributed by atoms with Crippen LogP contribution in [0.3, 0.4) is 0 Å². The van der Waals surface area contributed by atoms with E-state index >= 15 is 0 Å². The zero-order valence-electron chi connectivity index (χ0n) is 14.6. The van der Waals surface area contributed by atoms with Crippen LogP contribution in [0, 0.1) is 0 Å². The largest absolute Gasteiger partial charge is 0.353 e. The van der Waals surface area contributed by atoms with Crippen molar-refractivity contribution in [1.82, 2.24) is 15.2 Å². The molecular formula is C19H20ClN3OS2. The number of aromatic nitrogens is 1. The van der Waals surface area contributed by atoms with E-state index in [1.807, 2.05) is 62.6 Å². The molecule has 0 fully saturated rings. The molecular weight excluding hydrogens is 386 g/mol. The SMILES string of the molecule is CN(C)C(CNC(=O)CSc1nc2ccccc2s1)c1ccccc1Cl. The van der Waals surface area contributed by atoms with Gasteiger partial charge >= 0.3 is 0 Å². The molecule has 3 aromatic rings. The molecule has 1 heterocycles. The van der Waals surface area contributed by atoms with E-state index in [4.69, 9.17) is 11.6 Å². The maximum Gasteiger partial charge on any atom is 0.230 e. The molecule has 1 unspecified atom stereocenters. The summed E-state index contributed by atoms with van der Waals surface area (Å²) >= 11 is 9.39. The first-order valence-corrected chi connectivity index (χ1v) is 10.4. The van der Waals surface area contributed by atoms with Crippen LogP contribution in [-0.2, 0) is 4.79 Å². The predicted octanol–water partition coefficient (Wildman–Crippen LogP) is 4.46. The van der Waals surface area contributed by atoms with Crippen LogP contribution in [0.2, 0.25) is 5.02 Å². The third kappa shape index (κ3) is 4.76. The fourth-order valence-corrected chi connectivity index (χ4v) is 4.78. The number of hydrogen-bond donors (Lipinski definition) is 1. The number of carbonyl (C=O) groups excluding carboxylic acids is 1. The monoisotopic (exact) mass is 405 g/mol. The number of thiazole rings is 1. The lowest BCUT2D eigenvalue weighted by Crippen LogP contribution is -2.35. The standard InChI is InChI=1S/C19H20ClN3OS2/c1-23(2)16(13-7-3-4-8-14(13)20)11-21-18(24)12-25-19-22-15-9-5-6-10-17(15)26-19/h3-10,16H,11-12H2,1-2H3,(H,21,24). The maximum atomic E-state index is 12.3. The van der Waals surface area contributed by atoms with Crippen LogP contribution in [0.25, 0.3) is 10.2 Å². The maximum absolute atomic E-state index is 12.3. The lowest BCUT2D eigenvalue weighted by molar-refractivity contribution is -0.118. The molecule has 1 atom stereocenters. The van der Waals surface area contributed by atoms with Gasteiger partial charge in [0.2, 0.25) is 5.91 Å². The summed E-state index contributed by atoms with van der Waals surface area (Å²) in [5, 5.41) is 3.72. The van der Waals surface area contributed by atoms with Crippen molar-refractivity contribution in [3.8, 4) is 0 Å². The molecule has 0 aliphatic carbocycles. The summed E-state index contributed by atoms with van der Waals surface area (Å²) in [7, 11) is 3.96. The Morgan fingerprint density at radius 1 is 1.23 bits per heavy atom. The highest BCUT2D eigenvalue weighted by atomic mass is 35.5. The third-order valence-electron chi connectivity index (χ3n) is 3.98. The second-order valence-corrected chi connectivity index (χ2v) is 8.70. The highest BCUT2D eigenvalue weighted by Gasteiger charge is 2.18. The summed E-state index contributed by atoms with van der Waals surface area (Å²) in [6.07, 6.45) is 0. The van der Waals surface area contributed by atoms with Crippen LogP contribution in [0.5, 0.6) is 0 Å². The Balaban J connectivity index is 1.56. The molecule has 0 bridgehead atoms. The molecule has 1 aromatic heterocycles. The summed E-state index contributed by atoms with van der Waals surface area (Å²) in [6, 6.07) is 15.8. The van der Waals surface area contributed by atoms with Crippen molar-refractivity contribution in [1.29, 1.82) is 0 Å². The van der Waals surface area contributed by atoms with Gasteiger partial charge in [0.25, 0.3) is 0 Å². The van der Waals surface area contributed by atoms with Crippen LogP contribution in [0.1, 0.15) is 11.6 Å². The van der Waals surface area contributed by atoms with Gasteiger partial charge in [0, 0.05) is 11.6 Å². The molecule has 3 rings (SSSR count). The average molecular weight is 406 g/mol. The van der Waals surface area contributed by atoms with E-state index < -0.39 is 0 Å². The quantitative estimate of drug-likeness (QED) is 0.589. The lowest BCUT2D eigenvalue weighted by Gasteiger charge is -2.25. The summed E-state index contributed by atoms with van der Waals surface area (Å²) in [5.41, 5.74) is 1.99. The summed E-state index contributed by atoms with van der Waals surface area (Å²) in [5.74, 6) is 0.343. The van der Waals surface area contributed by atoms with E-state index in [1.165, 1.54) is 11.8 Å². The van der Waals surface area contributed by atoms with Crippen molar-refractivity contribution >= 4 is 50.8 Å². The van der Waals surface area contributed by atoms with Crippen LogP contribution < -0.4 is 5.32 Å². The molecule has 0 saturated carbocycles. The smallest absolute Gasteiger partial charge is 0.230 e. The van der Waals surface area contributed by atoms with Gasteiger partial charge in [-0.2, -0.15) is 0 Å². The number of hydrogen-bond acceptors (Lipinski definition) is 5. The van der Waals surface area contributed by atoms with Gasteiger partial charge in [-0.15, -0.1) is 11.3 Å². The number of fused-ring (bicyclic) bond motifs is 1. The molecule has 7 heteroatoms. The van der Waals surface area contributed by atoms with E-state index in [-0.39, 0.29) is 11.9 Å². The summed E-state index contributed by atoms with van der Waals surface area (Å²) in [4.78, 5) is 18.9. The average Bonchev–Trinajstić information content (AvgIpc) is 3.04. The van der Waals surface area contributed by atoms with Gasteiger partial charge in [-0.1, -0.05) is 53.7 Å². The molecule has 0 aliphatic rings. The molecule has 2 aromatic carbocycles. The minimum absolute atomic E-state index is 0.00633. The highest BCUT2D eigenvalue weighted by Crippen LogP contribution is 2.29. The van der Waals surface area contributed by atoms with Crippen molar-refractivity contribution in [3.05, 3.63) is 59.1 Å². The van der Waals surface area contributed by atoms with Gasteiger partial charge < -0.3 is 10.2 Å². The molecule has 1 amide bonds. The van der Waals surface area contributed by atoms with Crippen LogP contribution >= 0.6 is 34.7 Å². The second-order valence-electron chi connectivity index (χ2n) is 6.04. The Labute approximate surface area is 166 Å². The Bertz CT molecular complexity index is 864. The zero-order chi connectivity index (χ0) is 18.5. The van der Waals surface area contributed by atoms with E-state index in [2.05, 4.69) is 15.2 Å². The van der Waals surface area contributed by atoms with Crippen LogP contribution in [-0.4, -0.2) is 42.2 Å². The number of nitrogens with one attached hydrogen (secondary N) is 1. The van der Waals surface area contributed by atoms with Crippen molar-refractivity contribution < 1.29 is 4.79 Å². The second kappa shape index (κ2) is 8.86. The van der Waals surface area contributed by atoms with E-state index in [0.29, 0.717) is 17.3 Å². The molecule has 26 heavy (non-hydrogen) atoms. The van der Waals surface area contributed by atoms with E-state index in [0.717, 1.165) is 20.1 Å². The summed E-state index contributed by atoms with van der Waals surface area (Å²) in [6.45, 7) is 0.510. The van der Waals surface area contributed by atoms with Crippen molar-refractivity contribution in [2.24, 2.45) is 0 Å². The minimum Gasteiger partial charge on any atom is -0.353 e. The van der Waals surface area contributed by atoms with Crippen molar-refractivity contribution in [2.45, 2.75) is 10.4 Å². The molecule has 136 valence electrons. The van der Waals surface area contributed by atoms with Crippen molar-refractivity contribution in [2.75, 3.05) is 26.4 Å². The van der Waals surface area contributed by atoms with Crippen molar-refractivity contribution in [3.63, 3.8) is 0 Å². The number of rotatable bonds is 7. The van der Waals surface area contributed by atoms with Gasteiger partial charge in [-0.25, -0.2) is 4.98 Å². The van der Waals surface area contributed by atoms with E-state index in [9.17, 15) is 4.79 Å². The lowest BCUT2D eigenvalue weighted by atomic mass is 10.1. The molecule has 0 radical (unpaired) electrons. The first kappa shape index (κ1) is 19.2. The molecule has 0 saturated heterocycles. The van der Waals surface area contributed by atoms with Gasteiger partial charge in [0.15, 0.2) is 4.34 Å². The molecule has 0 spiro atoms. The van der Waals surface area contributed by atoms with Gasteiger partial charge in [0.1, 0.15) is 0 Å². The van der Waals surface area contributed by atoms with Crippen LogP contribution in [0.4, 0.5) is 0 Å². The van der Waals surface area contributed by atoms with Gasteiger partial charge in [-0.3, -0.25) is 4.79 Å². The molecule has 1 N–H and O–H groups in total. The first-order valence-electron chi connectivity index (χ1n) is 8.20. The van der Waals surface area contributed by atoms with Crippen LogP contribution in [0.15, 0.2) is 52.9 Å². The Morgan fingerprint density at radius 2 is 1.96 bits per heavy atom. The predicted molar refractivity (Wildman–Crippen MR) is 111 cm³/mol. The third-order valence-corrected chi connectivity index (χ3v) is 6.50. The fraction of sp³-hybridized carbons (Fsp3) is 0.263. The molecule has 0 aliphatic heterocycles. The first-order chi connectivity index (χ1) is 12.5. The molecule has 4 nitrogen and oxygen atoms in total. The topological polar surface area (TPSA) is 45.2 Å². The normalized spacial score (nSPS) is 12.5. The van der Waals surface area contributed by atoms with E-state index in [1.54, 1.807) is 11.3 Å². The Hall–Kier alpha value is -1.60. The number of likely N-dealkylation sites (N-methyl/N-ethyl adjacent to an activating group) is 1. The summed E-state index contributed by atoms with van der Waals surface area (Å²) < 4.78 is 2.05. The number of thioether (sulfide) groups is 1. The highest BCUT2D eigenvalue weighted by molar-refractivity contribution is 8.01. The number of para-hydroxylation sites is 1. The van der Waals surface area contributed by atoms with Gasteiger partial charge in [-0.05, 0) is 37.9 Å². The number of halogens is 1.